The number of ether oxygens (including phenoxy) is 1. The topological polar surface area (TPSA) is 12.5 Å². The third-order valence-corrected chi connectivity index (χ3v) is 5.16. The third kappa shape index (κ3) is 4.23. The van der Waals surface area contributed by atoms with Gasteiger partial charge in [0.1, 0.15) is 6.10 Å². The van der Waals surface area contributed by atoms with Crippen LogP contribution in [-0.2, 0) is 4.74 Å². The van der Waals surface area contributed by atoms with Gasteiger partial charge in [-0.15, -0.1) is 0 Å². The van der Waals surface area contributed by atoms with Gasteiger partial charge in [0.25, 0.3) is 0 Å². The number of anilines is 2. The van der Waals surface area contributed by atoms with Crippen molar-refractivity contribution in [3.05, 3.63) is 132 Å². The number of hydrogen-bond donors (Lipinski definition) is 0. The second-order valence-electron chi connectivity index (χ2n) is 6.96. The molecule has 0 saturated heterocycles. The lowest BCUT2D eigenvalue weighted by molar-refractivity contribution is 0.0801. The van der Waals surface area contributed by atoms with Gasteiger partial charge in [0.2, 0.25) is 0 Å². The van der Waals surface area contributed by atoms with Gasteiger partial charge in [-0.1, -0.05) is 97.1 Å². The summed E-state index contributed by atoms with van der Waals surface area (Å²) in [4.78, 5) is 2.37. The zero-order valence-electron chi connectivity index (χ0n) is 16.6. The molecule has 0 bridgehead atoms. The SMILES string of the molecule is CO[C@H](c1ccccc1)[C@@H](c1ccccc1)N(c1ccccc1)c1ccccc1. The van der Waals surface area contributed by atoms with E-state index in [2.05, 4.69) is 120 Å². The van der Waals surface area contributed by atoms with Gasteiger partial charge >= 0.3 is 0 Å². The summed E-state index contributed by atoms with van der Waals surface area (Å²) in [6.07, 6.45) is -0.140. The molecular weight excluding hydrogens is 354 g/mol. The molecule has 2 nitrogen and oxygen atoms in total. The van der Waals surface area contributed by atoms with Crippen molar-refractivity contribution in [2.75, 3.05) is 12.0 Å². The van der Waals surface area contributed by atoms with Crippen molar-refractivity contribution in [3.8, 4) is 0 Å². The number of rotatable bonds is 7. The molecule has 4 aromatic rings. The van der Waals surface area contributed by atoms with Crippen LogP contribution in [0.5, 0.6) is 0 Å². The van der Waals surface area contributed by atoms with E-state index >= 15 is 0 Å². The smallest absolute Gasteiger partial charge is 0.107 e. The van der Waals surface area contributed by atoms with E-state index in [1.54, 1.807) is 7.11 Å². The molecule has 0 saturated carbocycles. The summed E-state index contributed by atoms with van der Waals surface area (Å²) in [6, 6.07) is 42.1. The van der Waals surface area contributed by atoms with Crippen molar-refractivity contribution in [3.63, 3.8) is 0 Å². The predicted molar refractivity (Wildman–Crippen MR) is 120 cm³/mol. The number of hydrogen-bond acceptors (Lipinski definition) is 2. The number of benzene rings is 4. The fourth-order valence-electron chi connectivity index (χ4n) is 3.85. The van der Waals surface area contributed by atoms with Crippen LogP contribution in [-0.4, -0.2) is 7.11 Å². The van der Waals surface area contributed by atoms with Gasteiger partial charge < -0.3 is 9.64 Å². The Balaban J connectivity index is 1.92. The van der Waals surface area contributed by atoms with E-state index in [4.69, 9.17) is 4.74 Å². The van der Waals surface area contributed by atoms with Gasteiger partial charge in [-0.25, -0.2) is 0 Å². The maximum Gasteiger partial charge on any atom is 0.107 e. The van der Waals surface area contributed by atoms with E-state index in [-0.39, 0.29) is 12.1 Å². The van der Waals surface area contributed by atoms with Crippen LogP contribution in [0.25, 0.3) is 0 Å². The van der Waals surface area contributed by atoms with E-state index in [0.717, 1.165) is 16.9 Å². The average Bonchev–Trinajstić information content (AvgIpc) is 2.81. The van der Waals surface area contributed by atoms with Gasteiger partial charge in [-0.05, 0) is 35.4 Å². The number of nitrogens with zero attached hydrogens (tertiary/aromatic N) is 1. The second kappa shape index (κ2) is 9.22. The van der Waals surface area contributed by atoms with Crippen LogP contribution in [0.1, 0.15) is 23.3 Å². The fraction of sp³-hybridized carbons (Fsp3) is 0.111. The molecule has 0 fully saturated rings. The molecule has 2 atom stereocenters. The highest BCUT2D eigenvalue weighted by molar-refractivity contribution is 5.65. The fourth-order valence-corrected chi connectivity index (χ4v) is 3.85. The summed E-state index contributed by atoms with van der Waals surface area (Å²) in [6.45, 7) is 0. The van der Waals surface area contributed by atoms with Crippen molar-refractivity contribution in [2.24, 2.45) is 0 Å². The Hall–Kier alpha value is -3.36. The summed E-state index contributed by atoms with van der Waals surface area (Å²) in [5.41, 5.74) is 4.62. The molecule has 0 spiro atoms. The van der Waals surface area contributed by atoms with E-state index in [9.17, 15) is 0 Å². The highest BCUT2D eigenvalue weighted by Crippen LogP contribution is 2.43. The minimum absolute atomic E-state index is 0.0339. The largest absolute Gasteiger partial charge is 0.374 e. The maximum absolute atomic E-state index is 6.14. The summed E-state index contributed by atoms with van der Waals surface area (Å²) < 4.78 is 6.14. The van der Waals surface area contributed by atoms with Crippen LogP contribution in [0.2, 0.25) is 0 Å². The maximum atomic E-state index is 6.14. The molecular formula is C27H25NO. The molecule has 0 amide bonds. The van der Waals surface area contributed by atoms with Crippen molar-refractivity contribution in [1.82, 2.24) is 0 Å². The monoisotopic (exact) mass is 379 g/mol. The van der Waals surface area contributed by atoms with Crippen LogP contribution in [0.4, 0.5) is 11.4 Å². The molecule has 0 heterocycles. The van der Waals surface area contributed by atoms with Crippen molar-refractivity contribution >= 4 is 11.4 Å². The zero-order valence-corrected chi connectivity index (χ0v) is 16.6. The molecule has 4 aromatic carbocycles. The van der Waals surface area contributed by atoms with E-state index in [1.165, 1.54) is 5.56 Å². The Morgan fingerprint density at radius 2 is 0.897 bits per heavy atom. The lowest BCUT2D eigenvalue weighted by Gasteiger charge is -2.38. The van der Waals surface area contributed by atoms with Gasteiger partial charge in [0.15, 0.2) is 0 Å². The highest BCUT2D eigenvalue weighted by atomic mass is 16.5. The summed E-state index contributed by atoms with van der Waals surface area (Å²) in [7, 11) is 1.79. The van der Waals surface area contributed by atoms with Crippen molar-refractivity contribution in [1.29, 1.82) is 0 Å². The molecule has 0 N–H and O–H groups in total. The molecule has 0 radical (unpaired) electrons. The lowest BCUT2D eigenvalue weighted by Crippen LogP contribution is -2.30. The van der Waals surface area contributed by atoms with Crippen LogP contribution < -0.4 is 4.90 Å². The first kappa shape index (κ1) is 19.0. The molecule has 0 aliphatic rings. The Labute approximate surface area is 173 Å². The average molecular weight is 380 g/mol. The minimum atomic E-state index is -0.140. The van der Waals surface area contributed by atoms with Crippen molar-refractivity contribution < 1.29 is 4.74 Å². The number of para-hydroxylation sites is 2. The predicted octanol–water partition coefficient (Wildman–Crippen LogP) is 6.95. The van der Waals surface area contributed by atoms with Crippen LogP contribution >= 0.6 is 0 Å². The first-order chi connectivity index (χ1) is 14.4. The lowest BCUT2D eigenvalue weighted by atomic mass is 9.93. The van der Waals surface area contributed by atoms with Gasteiger partial charge in [0, 0.05) is 18.5 Å². The molecule has 144 valence electrons. The molecule has 2 heteroatoms. The molecule has 0 aromatic heterocycles. The highest BCUT2D eigenvalue weighted by Gasteiger charge is 2.31. The van der Waals surface area contributed by atoms with E-state index in [0.29, 0.717) is 0 Å². The van der Waals surface area contributed by atoms with E-state index < -0.39 is 0 Å². The third-order valence-electron chi connectivity index (χ3n) is 5.16. The molecule has 4 rings (SSSR count). The Kier molecular flexibility index (Phi) is 6.04. The first-order valence-electron chi connectivity index (χ1n) is 9.90. The van der Waals surface area contributed by atoms with Crippen LogP contribution in [0.15, 0.2) is 121 Å². The summed E-state index contributed by atoms with van der Waals surface area (Å²) >= 11 is 0. The molecule has 0 aliphatic heterocycles. The Bertz CT molecular complexity index is 948. The van der Waals surface area contributed by atoms with Crippen LogP contribution in [0, 0.1) is 0 Å². The van der Waals surface area contributed by atoms with Crippen molar-refractivity contribution in [2.45, 2.75) is 12.1 Å². The minimum Gasteiger partial charge on any atom is -0.374 e. The van der Waals surface area contributed by atoms with Gasteiger partial charge in [0.05, 0.1) is 6.04 Å². The quantitative estimate of drug-likeness (QED) is 0.344. The Morgan fingerprint density at radius 1 is 0.517 bits per heavy atom. The summed E-state index contributed by atoms with van der Waals surface area (Å²) in [5, 5.41) is 0. The van der Waals surface area contributed by atoms with Gasteiger partial charge in [-0.3, -0.25) is 0 Å². The zero-order chi connectivity index (χ0) is 19.9. The molecule has 0 aliphatic carbocycles. The molecule has 0 unspecified atom stereocenters. The standard InChI is InChI=1S/C27H25NO/c1-29-27(23-16-8-3-9-17-23)26(22-14-6-2-7-15-22)28(24-18-10-4-11-19-24)25-20-12-5-13-21-25/h2-21,26-27H,1H3/t26-,27-/m1/s1. The summed E-state index contributed by atoms with van der Waals surface area (Å²) in [5.74, 6) is 0. The van der Waals surface area contributed by atoms with E-state index in [1.807, 2.05) is 6.07 Å². The normalized spacial score (nSPS) is 12.9. The van der Waals surface area contributed by atoms with Gasteiger partial charge in [-0.2, -0.15) is 0 Å². The number of methoxy groups -OCH3 is 1. The molecule has 29 heavy (non-hydrogen) atoms. The Morgan fingerprint density at radius 3 is 1.31 bits per heavy atom. The van der Waals surface area contributed by atoms with Crippen LogP contribution in [0.3, 0.4) is 0 Å². The second-order valence-corrected chi connectivity index (χ2v) is 6.96. The first-order valence-corrected chi connectivity index (χ1v) is 9.90.